The number of hydrogen-bond donors (Lipinski definition) is 3. The molecule has 3 N–H and O–H groups in total. The number of carbonyl (C=O) groups is 1. The zero-order valence-electron chi connectivity index (χ0n) is 11.4. The molecule has 1 saturated heterocycles. The van der Waals surface area contributed by atoms with Crippen LogP contribution in [0.5, 0.6) is 0 Å². The second kappa shape index (κ2) is 7.36. The average molecular weight is 298 g/mol. The van der Waals surface area contributed by atoms with Gasteiger partial charge in [-0.05, 0) is 37.5 Å². The smallest absolute Gasteiger partial charge is 0.319 e. The molecule has 1 aromatic carbocycles. The number of aliphatic hydroxyl groups excluding tert-OH is 1. The summed E-state index contributed by atoms with van der Waals surface area (Å²) in [5.74, 6) is 0. The molecule has 0 saturated carbocycles. The van der Waals surface area contributed by atoms with E-state index in [0.717, 1.165) is 18.8 Å². The summed E-state index contributed by atoms with van der Waals surface area (Å²) in [5, 5.41) is 14.7. The number of rotatable bonds is 5. The molecule has 1 aliphatic heterocycles. The van der Waals surface area contributed by atoms with Crippen molar-refractivity contribution >= 4 is 29.0 Å². The van der Waals surface area contributed by atoms with Gasteiger partial charge in [0, 0.05) is 31.9 Å². The van der Waals surface area contributed by atoms with E-state index >= 15 is 0 Å². The SMILES string of the molecule is O=C(NCCCO)Nc1ccc(N2CCCC2)c(Cl)c1. The third-order valence-electron chi connectivity index (χ3n) is 3.27. The molecule has 2 rings (SSSR count). The number of nitrogens with one attached hydrogen (secondary N) is 2. The monoisotopic (exact) mass is 297 g/mol. The van der Waals surface area contributed by atoms with Crippen LogP contribution in [0.1, 0.15) is 19.3 Å². The van der Waals surface area contributed by atoms with E-state index in [1.54, 1.807) is 6.07 Å². The summed E-state index contributed by atoms with van der Waals surface area (Å²) in [6, 6.07) is 5.27. The Morgan fingerprint density at radius 1 is 1.35 bits per heavy atom. The molecule has 1 fully saturated rings. The lowest BCUT2D eigenvalue weighted by Crippen LogP contribution is -2.29. The van der Waals surface area contributed by atoms with Crippen molar-refractivity contribution in [2.75, 3.05) is 36.5 Å². The van der Waals surface area contributed by atoms with Crippen molar-refractivity contribution in [2.24, 2.45) is 0 Å². The number of amides is 2. The third kappa shape index (κ3) is 4.02. The highest BCUT2D eigenvalue weighted by molar-refractivity contribution is 6.33. The van der Waals surface area contributed by atoms with E-state index < -0.39 is 0 Å². The van der Waals surface area contributed by atoms with Gasteiger partial charge in [0.25, 0.3) is 0 Å². The average Bonchev–Trinajstić information content (AvgIpc) is 2.93. The van der Waals surface area contributed by atoms with Crippen LogP contribution in [0.2, 0.25) is 5.02 Å². The standard InChI is InChI=1S/C14H20ClN3O2/c15-12-10-11(17-14(20)16-6-3-9-19)4-5-13(12)18-7-1-2-8-18/h4-5,10,19H,1-3,6-9H2,(H2,16,17,20). The number of carbonyl (C=O) groups excluding carboxylic acids is 1. The van der Waals surface area contributed by atoms with E-state index in [9.17, 15) is 4.79 Å². The third-order valence-corrected chi connectivity index (χ3v) is 3.58. The fraction of sp³-hybridized carbons (Fsp3) is 0.500. The number of aliphatic hydroxyl groups is 1. The van der Waals surface area contributed by atoms with Crippen molar-refractivity contribution in [2.45, 2.75) is 19.3 Å². The van der Waals surface area contributed by atoms with Crippen molar-refractivity contribution in [1.82, 2.24) is 5.32 Å². The van der Waals surface area contributed by atoms with Crippen LogP contribution in [-0.4, -0.2) is 37.4 Å². The minimum absolute atomic E-state index is 0.0661. The van der Waals surface area contributed by atoms with Gasteiger partial charge in [0.2, 0.25) is 0 Å². The van der Waals surface area contributed by atoms with Gasteiger partial charge >= 0.3 is 6.03 Å². The summed E-state index contributed by atoms with van der Waals surface area (Å²) in [4.78, 5) is 13.8. The van der Waals surface area contributed by atoms with E-state index in [1.165, 1.54) is 12.8 Å². The van der Waals surface area contributed by atoms with E-state index in [1.807, 2.05) is 12.1 Å². The number of anilines is 2. The summed E-state index contributed by atoms with van der Waals surface area (Å²) in [6.45, 7) is 2.58. The summed E-state index contributed by atoms with van der Waals surface area (Å²) in [7, 11) is 0. The molecule has 6 heteroatoms. The number of hydrogen-bond acceptors (Lipinski definition) is 3. The maximum absolute atomic E-state index is 11.6. The first-order valence-corrected chi connectivity index (χ1v) is 7.28. The Hall–Kier alpha value is -1.46. The molecule has 20 heavy (non-hydrogen) atoms. The van der Waals surface area contributed by atoms with E-state index in [2.05, 4.69) is 15.5 Å². The fourth-order valence-corrected chi connectivity index (χ4v) is 2.56. The predicted molar refractivity (Wildman–Crippen MR) is 81.6 cm³/mol. The highest BCUT2D eigenvalue weighted by Crippen LogP contribution is 2.31. The van der Waals surface area contributed by atoms with Crippen LogP contribution >= 0.6 is 11.6 Å². The molecule has 0 spiro atoms. The summed E-state index contributed by atoms with van der Waals surface area (Å²) in [5.41, 5.74) is 1.69. The van der Waals surface area contributed by atoms with Crippen molar-refractivity contribution in [3.63, 3.8) is 0 Å². The first kappa shape index (κ1) is 14.9. The zero-order valence-corrected chi connectivity index (χ0v) is 12.1. The van der Waals surface area contributed by atoms with Crippen LogP contribution in [0.4, 0.5) is 16.2 Å². The molecule has 0 atom stereocenters. The van der Waals surface area contributed by atoms with Gasteiger partial charge in [-0.3, -0.25) is 0 Å². The second-order valence-electron chi connectivity index (χ2n) is 4.82. The minimum Gasteiger partial charge on any atom is -0.396 e. The molecule has 0 unspecified atom stereocenters. The summed E-state index contributed by atoms with van der Waals surface area (Å²) < 4.78 is 0. The Bertz CT molecular complexity index is 462. The quantitative estimate of drug-likeness (QED) is 0.732. The molecule has 0 radical (unpaired) electrons. The molecular formula is C14H20ClN3O2. The van der Waals surface area contributed by atoms with Crippen LogP contribution < -0.4 is 15.5 Å². The van der Waals surface area contributed by atoms with Gasteiger partial charge in [0.1, 0.15) is 0 Å². The number of urea groups is 1. The van der Waals surface area contributed by atoms with Gasteiger partial charge in [-0.25, -0.2) is 4.79 Å². The zero-order chi connectivity index (χ0) is 14.4. The summed E-state index contributed by atoms with van der Waals surface area (Å²) >= 11 is 6.27. The van der Waals surface area contributed by atoms with Crippen molar-refractivity contribution in [3.8, 4) is 0 Å². The Kier molecular flexibility index (Phi) is 5.49. The van der Waals surface area contributed by atoms with Crippen molar-refractivity contribution in [3.05, 3.63) is 23.2 Å². The van der Waals surface area contributed by atoms with Gasteiger partial charge in [-0.1, -0.05) is 11.6 Å². The fourth-order valence-electron chi connectivity index (χ4n) is 2.26. The number of benzene rings is 1. The molecule has 1 aromatic rings. The molecule has 0 aliphatic carbocycles. The van der Waals surface area contributed by atoms with E-state index in [4.69, 9.17) is 16.7 Å². The number of nitrogens with zero attached hydrogens (tertiary/aromatic N) is 1. The molecule has 5 nitrogen and oxygen atoms in total. The molecule has 0 aromatic heterocycles. The van der Waals surface area contributed by atoms with Crippen LogP contribution in [0.15, 0.2) is 18.2 Å². The normalized spacial score (nSPS) is 14.4. The second-order valence-corrected chi connectivity index (χ2v) is 5.23. The van der Waals surface area contributed by atoms with Crippen LogP contribution in [0.3, 0.4) is 0 Å². The van der Waals surface area contributed by atoms with Gasteiger partial charge in [0.05, 0.1) is 10.7 Å². The van der Waals surface area contributed by atoms with Gasteiger partial charge in [-0.15, -0.1) is 0 Å². The van der Waals surface area contributed by atoms with Crippen LogP contribution in [0, 0.1) is 0 Å². The minimum atomic E-state index is -0.288. The largest absolute Gasteiger partial charge is 0.396 e. The van der Waals surface area contributed by atoms with E-state index in [-0.39, 0.29) is 12.6 Å². The summed E-state index contributed by atoms with van der Waals surface area (Å²) in [6.07, 6.45) is 2.94. The van der Waals surface area contributed by atoms with E-state index in [0.29, 0.717) is 23.7 Å². The van der Waals surface area contributed by atoms with Crippen molar-refractivity contribution < 1.29 is 9.90 Å². The molecule has 1 heterocycles. The maximum atomic E-state index is 11.6. The molecule has 2 amide bonds. The highest BCUT2D eigenvalue weighted by Gasteiger charge is 2.15. The maximum Gasteiger partial charge on any atom is 0.319 e. The molecule has 110 valence electrons. The van der Waals surface area contributed by atoms with Crippen molar-refractivity contribution in [1.29, 1.82) is 0 Å². The molecule has 1 aliphatic rings. The lowest BCUT2D eigenvalue weighted by Gasteiger charge is -2.19. The van der Waals surface area contributed by atoms with Gasteiger partial charge < -0.3 is 20.6 Å². The molecular weight excluding hydrogens is 278 g/mol. The molecule has 0 bridgehead atoms. The Labute approximate surface area is 123 Å². The lowest BCUT2D eigenvalue weighted by molar-refractivity contribution is 0.249. The Morgan fingerprint density at radius 2 is 2.10 bits per heavy atom. The van der Waals surface area contributed by atoms with Crippen LogP contribution in [-0.2, 0) is 0 Å². The van der Waals surface area contributed by atoms with Gasteiger partial charge in [0.15, 0.2) is 0 Å². The Balaban J connectivity index is 1.93. The van der Waals surface area contributed by atoms with Crippen LogP contribution in [0.25, 0.3) is 0 Å². The Morgan fingerprint density at radius 3 is 2.75 bits per heavy atom. The highest BCUT2D eigenvalue weighted by atomic mass is 35.5. The number of halogens is 1. The first-order chi connectivity index (χ1) is 9.70. The topological polar surface area (TPSA) is 64.6 Å². The lowest BCUT2D eigenvalue weighted by atomic mass is 10.2. The first-order valence-electron chi connectivity index (χ1n) is 6.91. The predicted octanol–water partition coefficient (Wildman–Crippen LogP) is 2.44. The van der Waals surface area contributed by atoms with Gasteiger partial charge in [-0.2, -0.15) is 0 Å².